The third-order valence-electron chi connectivity index (χ3n) is 4.07. The van der Waals surface area contributed by atoms with Gasteiger partial charge >= 0.3 is 0 Å². The predicted octanol–water partition coefficient (Wildman–Crippen LogP) is 2.35. The monoisotopic (exact) mass is 321 g/mol. The van der Waals surface area contributed by atoms with Gasteiger partial charge in [-0.25, -0.2) is 8.42 Å². The van der Waals surface area contributed by atoms with Crippen LogP contribution in [0.2, 0.25) is 0 Å². The quantitative estimate of drug-likeness (QED) is 0.618. The second kappa shape index (κ2) is 7.28. The average molecular weight is 321 g/mol. The first kappa shape index (κ1) is 17.0. The van der Waals surface area contributed by atoms with Crippen molar-refractivity contribution in [3.63, 3.8) is 0 Å². The van der Waals surface area contributed by atoms with Gasteiger partial charge in [0.2, 0.25) is 10.0 Å². The Morgan fingerprint density at radius 1 is 1.32 bits per heavy atom. The third kappa shape index (κ3) is 3.89. The van der Waals surface area contributed by atoms with Crippen molar-refractivity contribution in [1.82, 2.24) is 4.31 Å². The predicted molar refractivity (Wildman–Crippen MR) is 87.1 cm³/mol. The van der Waals surface area contributed by atoms with Crippen LogP contribution in [0.25, 0.3) is 0 Å². The highest BCUT2D eigenvalue weighted by Gasteiger charge is 2.30. The molecule has 1 aliphatic rings. The molecule has 1 saturated heterocycles. The van der Waals surface area contributed by atoms with Crippen molar-refractivity contribution >= 4 is 10.0 Å². The van der Waals surface area contributed by atoms with Gasteiger partial charge in [0, 0.05) is 13.1 Å². The summed E-state index contributed by atoms with van der Waals surface area (Å²) in [6.45, 7) is 5.77. The van der Waals surface area contributed by atoms with Gasteiger partial charge < -0.3 is 4.74 Å². The van der Waals surface area contributed by atoms with E-state index in [2.05, 4.69) is 5.92 Å². The highest BCUT2D eigenvalue weighted by Crippen LogP contribution is 2.26. The van der Waals surface area contributed by atoms with Crippen LogP contribution in [0, 0.1) is 32.1 Å². The number of benzene rings is 1. The third-order valence-corrected chi connectivity index (χ3v) is 6.11. The summed E-state index contributed by atoms with van der Waals surface area (Å²) in [7, 11) is -3.40. The second-order valence-corrected chi connectivity index (χ2v) is 7.74. The summed E-state index contributed by atoms with van der Waals surface area (Å²) in [4.78, 5) is 0.425. The Morgan fingerprint density at radius 3 is 2.64 bits per heavy atom. The van der Waals surface area contributed by atoms with Crippen molar-refractivity contribution in [2.75, 3.05) is 26.3 Å². The molecular formula is C17H23NO3S. The van der Waals surface area contributed by atoms with Crippen LogP contribution in [0.1, 0.15) is 24.0 Å². The lowest BCUT2D eigenvalue weighted by Crippen LogP contribution is -2.39. The van der Waals surface area contributed by atoms with Gasteiger partial charge in [-0.2, -0.15) is 4.31 Å². The Bertz CT molecular complexity index is 653. The number of sulfonamides is 1. The van der Waals surface area contributed by atoms with Crippen LogP contribution in [-0.4, -0.2) is 39.0 Å². The molecule has 0 aliphatic carbocycles. The molecular weight excluding hydrogens is 298 g/mol. The fourth-order valence-corrected chi connectivity index (χ4v) is 4.50. The summed E-state index contributed by atoms with van der Waals surface area (Å²) >= 11 is 0. The van der Waals surface area contributed by atoms with Crippen molar-refractivity contribution < 1.29 is 13.2 Å². The van der Waals surface area contributed by atoms with Crippen LogP contribution in [0.3, 0.4) is 0 Å². The number of piperidine rings is 1. The SMILES string of the molecule is C#CCOCC1CCN(S(=O)(=O)c2cc(C)ccc2C)CC1. The molecule has 1 heterocycles. The van der Waals surface area contributed by atoms with Crippen LogP contribution in [-0.2, 0) is 14.8 Å². The number of aryl methyl sites for hydroxylation is 2. The van der Waals surface area contributed by atoms with Gasteiger partial charge in [-0.05, 0) is 49.8 Å². The molecule has 5 heteroatoms. The largest absolute Gasteiger partial charge is 0.369 e. The zero-order chi connectivity index (χ0) is 16.2. The number of terminal acetylenes is 1. The van der Waals surface area contributed by atoms with Crippen molar-refractivity contribution in [2.24, 2.45) is 5.92 Å². The molecule has 0 N–H and O–H groups in total. The van der Waals surface area contributed by atoms with Gasteiger partial charge in [-0.3, -0.25) is 0 Å². The molecule has 1 aromatic carbocycles. The molecule has 0 radical (unpaired) electrons. The molecule has 0 saturated carbocycles. The van der Waals surface area contributed by atoms with E-state index in [-0.39, 0.29) is 0 Å². The maximum absolute atomic E-state index is 12.8. The fraction of sp³-hybridized carbons (Fsp3) is 0.529. The van der Waals surface area contributed by atoms with Gasteiger partial charge in [-0.1, -0.05) is 18.1 Å². The van der Waals surface area contributed by atoms with Crippen LogP contribution >= 0.6 is 0 Å². The van der Waals surface area contributed by atoms with E-state index in [1.807, 2.05) is 26.0 Å². The van der Waals surface area contributed by atoms with E-state index in [4.69, 9.17) is 11.2 Å². The number of hydrogen-bond donors (Lipinski definition) is 0. The molecule has 0 unspecified atom stereocenters. The zero-order valence-corrected chi connectivity index (χ0v) is 14.0. The summed E-state index contributed by atoms with van der Waals surface area (Å²) in [6, 6.07) is 5.55. The molecule has 0 aromatic heterocycles. The summed E-state index contributed by atoms with van der Waals surface area (Å²) < 4.78 is 32.5. The fourth-order valence-electron chi connectivity index (χ4n) is 2.73. The minimum atomic E-state index is -3.40. The molecule has 1 aromatic rings. The van der Waals surface area contributed by atoms with Gasteiger partial charge in [0.15, 0.2) is 0 Å². The molecule has 2 rings (SSSR count). The minimum Gasteiger partial charge on any atom is -0.369 e. The lowest BCUT2D eigenvalue weighted by atomic mass is 9.99. The lowest BCUT2D eigenvalue weighted by molar-refractivity contribution is 0.101. The van der Waals surface area contributed by atoms with Crippen LogP contribution < -0.4 is 0 Å². The van der Waals surface area contributed by atoms with Gasteiger partial charge in [0.1, 0.15) is 6.61 Å². The van der Waals surface area contributed by atoms with E-state index < -0.39 is 10.0 Å². The Kier molecular flexibility index (Phi) is 5.63. The Labute approximate surface area is 133 Å². The summed E-state index contributed by atoms with van der Waals surface area (Å²) in [5, 5.41) is 0. The summed E-state index contributed by atoms with van der Waals surface area (Å²) in [5.41, 5.74) is 1.76. The van der Waals surface area contributed by atoms with E-state index in [0.29, 0.717) is 37.1 Å². The number of hydrogen-bond acceptors (Lipinski definition) is 3. The second-order valence-electron chi connectivity index (χ2n) is 5.84. The Hall–Kier alpha value is -1.35. The first-order chi connectivity index (χ1) is 10.4. The Morgan fingerprint density at radius 2 is 2.00 bits per heavy atom. The average Bonchev–Trinajstić information content (AvgIpc) is 2.50. The maximum Gasteiger partial charge on any atom is 0.243 e. The van der Waals surface area contributed by atoms with E-state index >= 15 is 0 Å². The normalized spacial score (nSPS) is 17.3. The zero-order valence-electron chi connectivity index (χ0n) is 13.2. The van der Waals surface area contributed by atoms with Crippen LogP contribution in [0.5, 0.6) is 0 Å². The molecule has 0 amide bonds. The van der Waals surface area contributed by atoms with Crippen molar-refractivity contribution in [3.8, 4) is 12.3 Å². The van der Waals surface area contributed by atoms with Crippen LogP contribution in [0.15, 0.2) is 23.1 Å². The van der Waals surface area contributed by atoms with Gasteiger partial charge in [0.25, 0.3) is 0 Å². The Balaban J connectivity index is 2.04. The highest BCUT2D eigenvalue weighted by molar-refractivity contribution is 7.89. The molecule has 0 atom stereocenters. The molecule has 0 spiro atoms. The number of ether oxygens (including phenoxy) is 1. The summed E-state index contributed by atoms with van der Waals surface area (Å²) in [6.07, 6.45) is 6.78. The molecule has 0 bridgehead atoms. The van der Waals surface area contributed by atoms with Gasteiger partial charge in [-0.15, -0.1) is 6.42 Å². The summed E-state index contributed by atoms with van der Waals surface area (Å²) in [5.74, 6) is 2.83. The highest BCUT2D eigenvalue weighted by atomic mass is 32.2. The topological polar surface area (TPSA) is 46.6 Å². The van der Waals surface area contributed by atoms with Gasteiger partial charge in [0.05, 0.1) is 11.5 Å². The maximum atomic E-state index is 12.8. The molecule has 120 valence electrons. The van der Waals surface area contributed by atoms with Crippen molar-refractivity contribution in [1.29, 1.82) is 0 Å². The number of rotatable bonds is 5. The van der Waals surface area contributed by atoms with Crippen molar-refractivity contribution in [2.45, 2.75) is 31.6 Å². The van der Waals surface area contributed by atoms with E-state index in [1.54, 1.807) is 10.4 Å². The van der Waals surface area contributed by atoms with Crippen LogP contribution in [0.4, 0.5) is 0 Å². The first-order valence-electron chi connectivity index (χ1n) is 7.53. The molecule has 4 nitrogen and oxygen atoms in total. The minimum absolute atomic E-state index is 0.320. The molecule has 1 fully saturated rings. The standard InChI is InChI=1S/C17H23NO3S/c1-4-11-21-13-16-7-9-18(10-8-16)22(19,20)17-12-14(2)5-6-15(17)3/h1,5-6,12,16H,7-11,13H2,2-3H3. The van der Waals surface area contributed by atoms with E-state index in [1.165, 1.54) is 0 Å². The molecule has 1 aliphatic heterocycles. The lowest BCUT2D eigenvalue weighted by Gasteiger charge is -2.31. The van der Waals surface area contributed by atoms with E-state index in [0.717, 1.165) is 24.0 Å². The van der Waals surface area contributed by atoms with Crippen molar-refractivity contribution in [3.05, 3.63) is 29.3 Å². The smallest absolute Gasteiger partial charge is 0.243 e. The first-order valence-corrected chi connectivity index (χ1v) is 8.97. The molecule has 22 heavy (non-hydrogen) atoms. The number of nitrogens with zero attached hydrogens (tertiary/aromatic N) is 1. The van der Waals surface area contributed by atoms with E-state index in [9.17, 15) is 8.42 Å².